The minimum absolute atomic E-state index is 0.00772. The normalized spacial score (nSPS) is 11.1. The number of nitro groups is 1. The summed E-state index contributed by atoms with van der Waals surface area (Å²) >= 11 is 15.7. The summed E-state index contributed by atoms with van der Waals surface area (Å²) in [6.07, 6.45) is 0. The van der Waals surface area contributed by atoms with Crippen LogP contribution >= 0.6 is 27.5 Å². The third-order valence-corrected chi connectivity index (χ3v) is 2.56. The van der Waals surface area contributed by atoms with Gasteiger partial charge >= 0.3 is 5.69 Å². The Morgan fingerprint density at radius 2 is 2.13 bits per heavy atom. The molecular formula is C7H6Cl2NO3PS. The summed E-state index contributed by atoms with van der Waals surface area (Å²) in [6, 6.07) is 4.39. The summed E-state index contributed by atoms with van der Waals surface area (Å²) in [5, 5.41) is 10.6. The Balaban J connectivity index is 3.19. The Labute approximate surface area is 101 Å². The molecule has 0 aliphatic rings. The van der Waals surface area contributed by atoms with Crippen LogP contribution in [0.25, 0.3) is 0 Å². The Morgan fingerprint density at radius 3 is 2.60 bits per heavy atom. The highest BCUT2D eigenvalue weighted by atomic mass is 35.9. The first-order valence-electron chi connectivity index (χ1n) is 3.73. The van der Waals surface area contributed by atoms with Crippen molar-refractivity contribution in [1.29, 1.82) is 0 Å². The van der Waals surface area contributed by atoms with Gasteiger partial charge in [0.05, 0.1) is 4.92 Å². The molecule has 82 valence electrons. The summed E-state index contributed by atoms with van der Waals surface area (Å²) in [4.78, 5) is 7.06. The van der Waals surface area contributed by atoms with Gasteiger partial charge in [-0.3, -0.25) is 10.1 Å². The molecule has 0 spiro atoms. The summed E-state index contributed by atoms with van der Waals surface area (Å²) in [5.74, 6) is 0.00772. The summed E-state index contributed by atoms with van der Waals surface area (Å²) in [6.45, 7) is 1.77. The summed E-state index contributed by atoms with van der Waals surface area (Å²) < 4.78 is 4.99. The van der Waals surface area contributed by atoms with E-state index < -0.39 is 9.89 Å². The van der Waals surface area contributed by atoms with Gasteiger partial charge in [0, 0.05) is 6.07 Å². The lowest BCUT2D eigenvalue weighted by Crippen LogP contribution is -1.93. The van der Waals surface area contributed by atoms with Gasteiger partial charge in [-0.25, -0.2) is 0 Å². The Morgan fingerprint density at radius 1 is 1.53 bits per heavy atom. The molecule has 0 aliphatic heterocycles. The molecule has 0 N–H and O–H groups in total. The number of nitrogens with zero attached hydrogens (tertiary/aromatic N) is 1. The first-order valence-corrected chi connectivity index (χ1v) is 8.26. The van der Waals surface area contributed by atoms with Crippen molar-refractivity contribution in [2.45, 2.75) is 6.92 Å². The van der Waals surface area contributed by atoms with Gasteiger partial charge in [-0.05, 0) is 52.8 Å². The van der Waals surface area contributed by atoms with E-state index in [1.165, 1.54) is 12.1 Å². The molecule has 0 heterocycles. The monoisotopic (exact) mass is 285 g/mol. The number of nitro benzene ring substituents is 1. The van der Waals surface area contributed by atoms with Crippen LogP contribution in [-0.2, 0) is 11.8 Å². The average Bonchev–Trinajstić information content (AvgIpc) is 1.99. The lowest BCUT2D eigenvalue weighted by atomic mass is 10.2. The van der Waals surface area contributed by atoms with Crippen molar-refractivity contribution >= 4 is 44.9 Å². The minimum atomic E-state index is -3.00. The first kappa shape index (κ1) is 12.7. The quantitative estimate of drug-likeness (QED) is 0.479. The molecular weight excluding hydrogens is 280 g/mol. The van der Waals surface area contributed by atoms with E-state index in [-0.39, 0.29) is 11.4 Å². The van der Waals surface area contributed by atoms with Gasteiger partial charge in [0.15, 0.2) is 0 Å². The lowest BCUT2D eigenvalue weighted by molar-refractivity contribution is -0.385. The molecule has 1 rings (SSSR count). The molecule has 0 unspecified atom stereocenters. The van der Waals surface area contributed by atoms with Gasteiger partial charge in [0.2, 0.25) is 5.75 Å². The molecule has 0 amide bonds. The van der Waals surface area contributed by atoms with Crippen molar-refractivity contribution in [2.75, 3.05) is 0 Å². The molecule has 0 fully saturated rings. The van der Waals surface area contributed by atoms with E-state index in [1.807, 2.05) is 0 Å². The molecule has 0 aromatic heterocycles. The maximum atomic E-state index is 10.6. The van der Waals surface area contributed by atoms with Crippen LogP contribution < -0.4 is 4.52 Å². The van der Waals surface area contributed by atoms with Crippen molar-refractivity contribution in [3.63, 3.8) is 0 Å². The maximum absolute atomic E-state index is 10.6. The zero-order chi connectivity index (χ0) is 11.6. The van der Waals surface area contributed by atoms with Crippen LogP contribution in [0.4, 0.5) is 5.69 Å². The largest absolute Gasteiger partial charge is 0.434 e. The van der Waals surface area contributed by atoms with Crippen molar-refractivity contribution in [2.24, 2.45) is 0 Å². The van der Waals surface area contributed by atoms with Crippen LogP contribution in [0.5, 0.6) is 5.75 Å². The van der Waals surface area contributed by atoms with Gasteiger partial charge in [0.1, 0.15) is 0 Å². The fourth-order valence-corrected chi connectivity index (χ4v) is 2.02. The standard InChI is InChI=1S/C7H6Cl2NO3PS/c1-5-2-3-6(10(11)12)7(4-5)13-14(8,9)15/h2-4H,1H3. The Hall–Kier alpha value is -0.350. The van der Waals surface area contributed by atoms with Crippen LogP contribution in [0.2, 0.25) is 0 Å². The van der Waals surface area contributed by atoms with Crippen LogP contribution in [-0.4, -0.2) is 4.92 Å². The first-order chi connectivity index (χ1) is 6.79. The lowest BCUT2D eigenvalue weighted by Gasteiger charge is -2.09. The second kappa shape index (κ2) is 4.66. The topological polar surface area (TPSA) is 52.4 Å². The molecule has 1 aromatic rings. The predicted molar refractivity (Wildman–Crippen MR) is 64.5 cm³/mol. The van der Waals surface area contributed by atoms with E-state index in [1.54, 1.807) is 13.0 Å². The Kier molecular flexibility index (Phi) is 3.95. The van der Waals surface area contributed by atoms with Gasteiger partial charge in [-0.15, -0.1) is 0 Å². The highest BCUT2D eigenvalue weighted by Crippen LogP contribution is 2.58. The van der Waals surface area contributed by atoms with E-state index >= 15 is 0 Å². The summed E-state index contributed by atoms with van der Waals surface area (Å²) in [7, 11) is 0. The fourth-order valence-electron chi connectivity index (χ4n) is 0.960. The second-order valence-corrected chi connectivity index (χ2v) is 9.87. The fraction of sp³-hybridized carbons (Fsp3) is 0.143. The molecule has 0 atom stereocenters. The SMILES string of the molecule is Cc1ccc([N+](=O)[O-])c(OP(=S)(Cl)Cl)c1. The average molecular weight is 286 g/mol. The summed E-state index contributed by atoms with van der Waals surface area (Å²) in [5.41, 5.74) is 0.600. The molecule has 4 nitrogen and oxygen atoms in total. The van der Waals surface area contributed by atoms with E-state index in [0.29, 0.717) is 0 Å². The van der Waals surface area contributed by atoms with E-state index in [0.717, 1.165) is 5.56 Å². The van der Waals surface area contributed by atoms with E-state index in [9.17, 15) is 10.1 Å². The van der Waals surface area contributed by atoms with Crippen LogP contribution in [0.15, 0.2) is 18.2 Å². The van der Waals surface area contributed by atoms with Crippen molar-refractivity contribution < 1.29 is 9.45 Å². The van der Waals surface area contributed by atoms with Crippen LogP contribution in [0.3, 0.4) is 0 Å². The number of hydrogen-bond acceptors (Lipinski definition) is 4. The molecule has 15 heavy (non-hydrogen) atoms. The van der Waals surface area contributed by atoms with Gasteiger partial charge in [-0.1, -0.05) is 6.07 Å². The third kappa shape index (κ3) is 3.95. The highest BCUT2D eigenvalue weighted by molar-refractivity contribution is 8.36. The molecule has 0 radical (unpaired) electrons. The number of aryl methyl sites for hydroxylation is 1. The zero-order valence-corrected chi connectivity index (χ0v) is 10.7. The van der Waals surface area contributed by atoms with Crippen LogP contribution in [0, 0.1) is 17.0 Å². The number of benzene rings is 1. The predicted octanol–water partition coefficient (Wildman–Crippen LogP) is 3.98. The van der Waals surface area contributed by atoms with Gasteiger partial charge < -0.3 is 4.52 Å². The minimum Gasteiger partial charge on any atom is -0.434 e. The zero-order valence-electron chi connectivity index (χ0n) is 7.52. The number of rotatable bonds is 3. The van der Waals surface area contributed by atoms with Crippen LogP contribution in [0.1, 0.15) is 5.56 Å². The van der Waals surface area contributed by atoms with E-state index in [2.05, 4.69) is 11.8 Å². The smallest absolute Gasteiger partial charge is 0.311 e. The maximum Gasteiger partial charge on any atom is 0.311 e. The third-order valence-electron chi connectivity index (χ3n) is 1.52. The highest BCUT2D eigenvalue weighted by Gasteiger charge is 2.20. The van der Waals surface area contributed by atoms with Crippen molar-refractivity contribution in [3.05, 3.63) is 33.9 Å². The van der Waals surface area contributed by atoms with Gasteiger partial charge in [0.25, 0.3) is 4.97 Å². The molecule has 0 aliphatic carbocycles. The molecule has 8 heteroatoms. The van der Waals surface area contributed by atoms with Crippen molar-refractivity contribution in [1.82, 2.24) is 0 Å². The molecule has 0 saturated heterocycles. The Bertz CT molecular complexity index is 448. The number of halogens is 2. The molecule has 0 bridgehead atoms. The second-order valence-electron chi connectivity index (χ2n) is 2.73. The molecule has 1 aromatic carbocycles. The van der Waals surface area contributed by atoms with Gasteiger partial charge in [-0.2, -0.15) is 0 Å². The number of hydrogen-bond donors (Lipinski definition) is 0. The van der Waals surface area contributed by atoms with E-state index in [4.69, 9.17) is 27.0 Å². The van der Waals surface area contributed by atoms with Crippen molar-refractivity contribution in [3.8, 4) is 5.75 Å². The molecule has 0 saturated carbocycles.